The van der Waals surface area contributed by atoms with Crippen molar-refractivity contribution in [1.29, 1.82) is 0 Å². The highest BCUT2D eigenvalue weighted by molar-refractivity contribution is 6.10. The number of rotatable bonds is 3. The number of amides is 1. The predicted octanol–water partition coefficient (Wildman–Crippen LogP) is 2.47. The summed E-state index contributed by atoms with van der Waals surface area (Å²) in [4.78, 5) is 17.2. The van der Waals surface area contributed by atoms with Crippen LogP contribution in [0.4, 0.5) is 5.69 Å². The highest BCUT2D eigenvalue weighted by atomic mass is 16.2. The van der Waals surface area contributed by atoms with Crippen molar-refractivity contribution in [3.8, 4) is 0 Å². The minimum Gasteiger partial charge on any atom is -0.345 e. The van der Waals surface area contributed by atoms with Gasteiger partial charge in [0, 0.05) is 6.54 Å². The Morgan fingerprint density at radius 3 is 2.77 bits per heavy atom. The first-order valence-corrected chi connectivity index (χ1v) is 7.71. The molecule has 1 amide bonds. The second kappa shape index (κ2) is 5.09. The van der Waals surface area contributed by atoms with E-state index in [1.54, 1.807) is 0 Å². The molecular formula is C17H18N4O. The zero-order valence-corrected chi connectivity index (χ0v) is 12.5. The van der Waals surface area contributed by atoms with Gasteiger partial charge in [-0.15, -0.1) is 0 Å². The lowest BCUT2D eigenvalue weighted by Gasteiger charge is -2.06. The maximum absolute atomic E-state index is 12.5. The number of fused-ring (bicyclic) bond motifs is 1. The monoisotopic (exact) mass is 294 g/mol. The van der Waals surface area contributed by atoms with Gasteiger partial charge in [-0.1, -0.05) is 30.3 Å². The summed E-state index contributed by atoms with van der Waals surface area (Å²) >= 11 is 0. The molecule has 0 unspecified atom stereocenters. The Morgan fingerprint density at radius 2 is 2.05 bits per heavy atom. The molecular weight excluding hydrogens is 276 g/mol. The van der Waals surface area contributed by atoms with Crippen LogP contribution in [0.2, 0.25) is 0 Å². The van der Waals surface area contributed by atoms with Crippen LogP contribution in [-0.2, 0) is 6.54 Å². The Balaban J connectivity index is 1.79. The summed E-state index contributed by atoms with van der Waals surface area (Å²) in [5.41, 5.74) is 4.05. The van der Waals surface area contributed by atoms with Crippen molar-refractivity contribution in [2.75, 3.05) is 6.54 Å². The number of carbonyl (C=O) groups is 1. The van der Waals surface area contributed by atoms with Gasteiger partial charge in [0.25, 0.3) is 5.91 Å². The van der Waals surface area contributed by atoms with E-state index in [1.165, 1.54) is 12.8 Å². The lowest BCUT2D eigenvalue weighted by Crippen LogP contribution is -2.30. The second-order valence-electron chi connectivity index (χ2n) is 6.02. The molecule has 2 aromatic rings. The lowest BCUT2D eigenvalue weighted by atomic mass is 10.1. The zero-order chi connectivity index (χ0) is 15.1. The molecule has 0 saturated heterocycles. The van der Waals surface area contributed by atoms with E-state index in [1.807, 2.05) is 41.9 Å². The number of benzene rings is 1. The van der Waals surface area contributed by atoms with Gasteiger partial charge in [0.1, 0.15) is 5.69 Å². The van der Waals surface area contributed by atoms with Gasteiger partial charge in [-0.05, 0) is 31.2 Å². The molecule has 1 aromatic carbocycles. The Morgan fingerprint density at radius 1 is 1.27 bits per heavy atom. The number of aryl methyl sites for hydroxylation is 1. The molecule has 1 aliphatic carbocycles. The van der Waals surface area contributed by atoms with Gasteiger partial charge in [-0.25, -0.2) is 4.99 Å². The van der Waals surface area contributed by atoms with Crippen molar-refractivity contribution in [3.05, 3.63) is 47.3 Å². The molecule has 1 N–H and O–H groups in total. The van der Waals surface area contributed by atoms with Crippen molar-refractivity contribution in [1.82, 2.24) is 15.1 Å². The second-order valence-corrected chi connectivity index (χ2v) is 6.02. The van der Waals surface area contributed by atoms with Crippen LogP contribution in [0.3, 0.4) is 0 Å². The first-order chi connectivity index (χ1) is 10.7. The fourth-order valence-electron chi connectivity index (χ4n) is 2.83. The highest BCUT2D eigenvalue weighted by Gasteiger charge is 2.29. The molecule has 1 aliphatic heterocycles. The Labute approximate surface area is 129 Å². The third-order valence-electron chi connectivity index (χ3n) is 4.21. The van der Waals surface area contributed by atoms with Crippen molar-refractivity contribution in [2.45, 2.75) is 26.3 Å². The summed E-state index contributed by atoms with van der Waals surface area (Å²) in [5.74, 6) is 0.586. The van der Waals surface area contributed by atoms with Crippen LogP contribution in [0, 0.1) is 12.8 Å². The Hall–Kier alpha value is -2.43. The Bertz CT molecular complexity index is 756. The molecule has 0 bridgehead atoms. The lowest BCUT2D eigenvalue weighted by molar-refractivity contribution is 0.0949. The number of hydrogen-bond acceptors (Lipinski definition) is 3. The van der Waals surface area contributed by atoms with Crippen molar-refractivity contribution in [3.63, 3.8) is 0 Å². The molecule has 2 aliphatic rings. The summed E-state index contributed by atoms with van der Waals surface area (Å²) in [6.07, 6.45) is 2.46. The number of aromatic nitrogens is 2. The van der Waals surface area contributed by atoms with Gasteiger partial charge in [-0.2, -0.15) is 5.10 Å². The molecule has 1 saturated carbocycles. The number of hydrogen-bond donors (Lipinski definition) is 1. The summed E-state index contributed by atoms with van der Waals surface area (Å²) in [6.45, 7) is 3.19. The number of nitrogens with one attached hydrogen (secondary N) is 1. The van der Waals surface area contributed by atoms with E-state index in [2.05, 4.69) is 10.4 Å². The van der Waals surface area contributed by atoms with Crippen LogP contribution in [0.1, 0.15) is 34.6 Å². The van der Waals surface area contributed by atoms with Gasteiger partial charge < -0.3 is 5.32 Å². The largest absolute Gasteiger partial charge is 0.345 e. The van der Waals surface area contributed by atoms with Crippen molar-refractivity contribution in [2.24, 2.45) is 10.9 Å². The van der Waals surface area contributed by atoms with Crippen LogP contribution >= 0.6 is 0 Å². The standard InChI is InChI=1S/C17H18N4O/c1-11-15-16(21(20-11)10-12-7-8-12)17(22)18-9-14(19-15)13-5-3-2-4-6-13/h2-6,12H,7-10H2,1H3,(H,18,22). The first-order valence-electron chi connectivity index (χ1n) is 7.71. The maximum Gasteiger partial charge on any atom is 0.272 e. The molecule has 112 valence electrons. The highest BCUT2D eigenvalue weighted by Crippen LogP contribution is 2.33. The van der Waals surface area contributed by atoms with Gasteiger partial charge in [0.15, 0.2) is 5.69 Å². The molecule has 0 atom stereocenters. The minimum atomic E-state index is -0.0778. The van der Waals surface area contributed by atoms with E-state index in [0.29, 0.717) is 18.2 Å². The van der Waals surface area contributed by atoms with E-state index in [0.717, 1.165) is 29.2 Å². The molecule has 5 heteroatoms. The molecule has 1 aromatic heterocycles. The van der Waals surface area contributed by atoms with Crippen molar-refractivity contribution < 1.29 is 4.79 Å². The smallest absolute Gasteiger partial charge is 0.272 e. The minimum absolute atomic E-state index is 0.0778. The quantitative estimate of drug-likeness (QED) is 0.945. The van der Waals surface area contributed by atoms with E-state index >= 15 is 0 Å². The van der Waals surface area contributed by atoms with E-state index in [-0.39, 0.29) is 5.91 Å². The van der Waals surface area contributed by atoms with Crippen LogP contribution < -0.4 is 5.32 Å². The predicted molar refractivity (Wildman–Crippen MR) is 84.7 cm³/mol. The SMILES string of the molecule is Cc1nn(CC2CC2)c2c1N=C(c1ccccc1)CNC2=O. The number of nitrogens with zero attached hydrogens (tertiary/aromatic N) is 3. The molecule has 1 fully saturated rings. The molecule has 0 spiro atoms. The topological polar surface area (TPSA) is 59.3 Å². The summed E-state index contributed by atoms with van der Waals surface area (Å²) in [6, 6.07) is 9.97. The van der Waals surface area contributed by atoms with Gasteiger partial charge in [0.2, 0.25) is 0 Å². The summed E-state index contributed by atoms with van der Waals surface area (Å²) in [7, 11) is 0. The van der Waals surface area contributed by atoms with E-state index in [9.17, 15) is 4.79 Å². The van der Waals surface area contributed by atoms with E-state index in [4.69, 9.17) is 4.99 Å². The molecule has 22 heavy (non-hydrogen) atoms. The van der Waals surface area contributed by atoms with E-state index < -0.39 is 0 Å². The maximum atomic E-state index is 12.5. The van der Waals surface area contributed by atoms with Crippen LogP contribution in [-0.4, -0.2) is 27.9 Å². The molecule has 5 nitrogen and oxygen atoms in total. The third kappa shape index (κ3) is 2.32. The summed E-state index contributed by atoms with van der Waals surface area (Å²) in [5, 5.41) is 7.51. The number of aliphatic imine (C=N–C) groups is 1. The first kappa shape index (κ1) is 13.2. The van der Waals surface area contributed by atoms with Crippen molar-refractivity contribution >= 4 is 17.3 Å². The van der Waals surface area contributed by atoms with Gasteiger partial charge in [0.05, 0.1) is 18.0 Å². The van der Waals surface area contributed by atoms with Crippen LogP contribution in [0.25, 0.3) is 0 Å². The molecule has 2 heterocycles. The van der Waals surface area contributed by atoms with Crippen LogP contribution in [0.15, 0.2) is 35.3 Å². The average Bonchev–Trinajstić information content (AvgIpc) is 3.30. The normalized spacial score (nSPS) is 17.5. The fourth-order valence-corrected chi connectivity index (χ4v) is 2.83. The third-order valence-corrected chi connectivity index (χ3v) is 4.21. The molecule has 4 rings (SSSR count). The van der Waals surface area contributed by atoms with Gasteiger partial charge in [-0.3, -0.25) is 9.48 Å². The summed E-state index contributed by atoms with van der Waals surface area (Å²) < 4.78 is 1.84. The van der Waals surface area contributed by atoms with Gasteiger partial charge >= 0.3 is 0 Å². The van der Waals surface area contributed by atoms with Crippen LogP contribution in [0.5, 0.6) is 0 Å². The zero-order valence-electron chi connectivity index (χ0n) is 12.5. The fraction of sp³-hybridized carbons (Fsp3) is 0.353. The Kier molecular flexibility index (Phi) is 3.06. The molecule has 0 radical (unpaired) electrons. The number of carbonyl (C=O) groups excluding carboxylic acids is 1. The average molecular weight is 294 g/mol.